The van der Waals surface area contributed by atoms with E-state index in [2.05, 4.69) is 27.9 Å². The van der Waals surface area contributed by atoms with Crippen LogP contribution in [0.4, 0.5) is 5.69 Å². The smallest absolute Gasteiger partial charge is 0.227 e. The van der Waals surface area contributed by atoms with E-state index in [0.717, 1.165) is 22.1 Å². The fraction of sp³-hybridized carbons (Fsp3) is 0.417. The highest BCUT2D eigenvalue weighted by Gasteiger charge is 2.21. The van der Waals surface area contributed by atoms with Crippen molar-refractivity contribution in [3.05, 3.63) is 27.8 Å². The van der Waals surface area contributed by atoms with Gasteiger partial charge in [-0.05, 0) is 47.6 Å². The van der Waals surface area contributed by atoms with Gasteiger partial charge in [-0.15, -0.1) is 0 Å². The molecule has 0 radical (unpaired) electrons. The molecule has 86 valence electrons. The van der Waals surface area contributed by atoms with Gasteiger partial charge in [0.25, 0.3) is 0 Å². The maximum atomic E-state index is 11.9. The van der Waals surface area contributed by atoms with Crippen molar-refractivity contribution in [2.45, 2.75) is 12.8 Å². The van der Waals surface area contributed by atoms with Crippen LogP contribution in [0.3, 0.4) is 0 Å². The Morgan fingerprint density at radius 1 is 1.31 bits per heavy atom. The lowest BCUT2D eigenvalue weighted by Gasteiger charge is -2.21. The first-order valence-corrected chi connectivity index (χ1v) is 6.48. The number of ether oxygens (including phenoxy) is 1. The van der Waals surface area contributed by atoms with E-state index >= 15 is 0 Å². The predicted octanol–water partition coefficient (Wildman–Crippen LogP) is 2.66. The molecule has 1 aliphatic rings. The van der Waals surface area contributed by atoms with Gasteiger partial charge < -0.3 is 10.1 Å². The van der Waals surface area contributed by atoms with Crippen LogP contribution in [0.15, 0.2) is 24.3 Å². The second-order valence-electron chi connectivity index (χ2n) is 3.86. The average molecular weight is 331 g/mol. The average Bonchev–Trinajstić information content (AvgIpc) is 2.33. The van der Waals surface area contributed by atoms with E-state index in [0.29, 0.717) is 13.2 Å². The summed E-state index contributed by atoms with van der Waals surface area (Å²) in [5.74, 6) is 0.220. The Hall–Kier alpha value is -0.620. The molecule has 0 bridgehead atoms. The monoisotopic (exact) mass is 331 g/mol. The molecule has 0 aromatic heterocycles. The summed E-state index contributed by atoms with van der Waals surface area (Å²) in [6.07, 6.45) is 1.66. The summed E-state index contributed by atoms with van der Waals surface area (Å²) in [6, 6.07) is 7.81. The van der Waals surface area contributed by atoms with Crippen LogP contribution in [0.1, 0.15) is 12.8 Å². The molecule has 4 heteroatoms. The zero-order valence-corrected chi connectivity index (χ0v) is 11.1. The summed E-state index contributed by atoms with van der Waals surface area (Å²) < 4.78 is 6.31. The number of carbonyl (C=O) groups excluding carboxylic acids is 1. The Labute approximate surface area is 109 Å². The van der Waals surface area contributed by atoms with Crippen LogP contribution in [0.25, 0.3) is 0 Å². The molecule has 1 aromatic rings. The van der Waals surface area contributed by atoms with Crippen LogP contribution < -0.4 is 5.32 Å². The Morgan fingerprint density at radius 3 is 2.69 bits per heavy atom. The Balaban J connectivity index is 1.99. The van der Waals surface area contributed by atoms with E-state index in [4.69, 9.17) is 4.74 Å². The van der Waals surface area contributed by atoms with Gasteiger partial charge in [-0.2, -0.15) is 0 Å². The quantitative estimate of drug-likeness (QED) is 0.846. The van der Waals surface area contributed by atoms with Gasteiger partial charge in [0.2, 0.25) is 5.91 Å². The number of hydrogen-bond donors (Lipinski definition) is 1. The number of nitrogens with one attached hydrogen (secondary N) is 1. The predicted molar refractivity (Wildman–Crippen MR) is 71.3 cm³/mol. The number of benzene rings is 1. The maximum absolute atomic E-state index is 11.9. The minimum absolute atomic E-state index is 0.102. The number of anilines is 1. The molecule has 0 spiro atoms. The standard InChI is InChI=1S/C12H14INO2/c13-10-3-1-2-4-11(10)14-12(15)9-5-7-16-8-6-9/h1-4,9H,5-8H2,(H,14,15). The van der Waals surface area contributed by atoms with Gasteiger partial charge in [0.1, 0.15) is 0 Å². The first-order chi connectivity index (χ1) is 7.77. The lowest BCUT2D eigenvalue weighted by Crippen LogP contribution is -2.28. The number of rotatable bonds is 2. The third-order valence-corrected chi connectivity index (χ3v) is 3.66. The molecule has 2 rings (SSSR count). The van der Waals surface area contributed by atoms with Crippen molar-refractivity contribution in [1.82, 2.24) is 0 Å². The van der Waals surface area contributed by atoms with Gasteiger partial charge in [0.05, 0.1) is 5.69 Å². The summed E-state index contributed by atoms with van der Waals surface area (Å²) in [7, 11) is 0. The maximum Gasteiger partial charge on any atom is 0.227 e. The van der Waals surface area contributed by atoms with Gasteiger partial charge in [0.15, 0.2) is 0 Å². The molecule has 1 N–H and O–H groups in total. The van der Waals surface area contributed by atoms with Crippen molar-refractivity contribution in [3.63, 3.8) is 0 Å². The van der Waals surface area contributed by atoms with Crippen molar-refractivity contribution in [2.75, 3.05) is 18.5 Å². The highest BCUT2D eigenvalue weighted by molar-refractivity contribution is 14.1. The van der Waals surface area contributed by atoms with Gasteiger partial charge in [0, 0.05) is 22.7 Å². The molecule has 1 aromatic carbocycles. The minimum atomic E-state index is 0.102. The molecular formula is C12H14INO2. The molecule has 0 atom stereocenters. The molecule has 0 aliphatic carbocycles. The molecule has 0 saturated carbocycles. The summed E-state index contributed by atoms with van der Waals surface area (Å²) in [5, 5.41) is 2.98. The third kappa shape index (κ3) is 2.95. The van der Waals surface area contributed by atoms with Crippen molar-refractivity contribution < 1.29 is 9.53 Å². The summed E-state index contributed by atoms with van der Waals surface area (Å²) >= 11 is 2.23. The number of para-hydroxylation sites is 1. The van der Waals surface area contributed by atoms with Crippen molar-refractivity contribution in [3.8, 4) is 0 Å². The highest BCUT2D eigenvalue weighted by Crippen LogP contribution is 2.21. The molecular weight excluding hydrogens is 317 g/mol. The highest BCUT2D eigenvalue weighted by atomic mass is 127. The third-order valence-electron chi connectivity index (χ3n) is 2.72. The van der Waals surface area contributed by atoms with Crippen LogP contribution in [-0.2, 0) is 9.53 Å². The van der Waals surface area contributed by atoms with Crippen molar-refractivity contribution in [1.29, 1.82) is 0 Å². The molecule has 0 unspecified atom stereocenters. The number of hydrogen-bond acceptors (Lipinski definition) is 2. The van der Waals surface area contributed by atoms with E-state index in [1.54, 1.807) is 0 Å². The van der Waals surface area contributed by atoms with Gasteiger partial charge in [-0.3, -0.25) is 4.79 Å². The van der Waals surface area contributed by atoms with Gasteiger partial charge in [-0.1, -0.05) is 12.1 Å². The molecule has 1 saturated heterocycles. The van der Waals surface area contributed by atoms with Crippen LogP contribution in [0.5, 0.6) is 0 Å². The number of carbonyl (C=O) groups is 1. The van der Waals surface area contributed by atoms with Crippen molar-refractivity contribution in [2.24, 2.45) is 5.92 Å². The molecule has 1 heterocycles. The first kappa shape index (κ1) is 11.9. The van der Waals surface area contributed by atoms with Gasteiger partial charge in [-0.25, -0.2) is 0 Å². The fourth-order valence-corrected chi connectivity index (χ4v) is 2.28. The molecule has 16 heavy (non-hydrogen) atoms. The van der Waals surface area contributed by atoms with E-state index in [9.17, 15) is 4.79 Å². The normalized spacial score (nSPS) is 17.1. The Morgan fingerprint density at radius 2 is 2.00 bits per heavy atom. The van der Waals surface area contributed by atoms with E-state index in [1.807, 2.05) is 24.3 Å². The molecule has 1 amide bonds. The largest absolute Gasteiger partial charge is 0.381 e. The SMILES string of the molecule is O=C(Nc1ccccc1I)C1CCOCC1. The fourth-order valence-electron chi connectivity index (χ4n) is 1.76. The van der Waals surface area contributed by atoms with Gasteiger partial charge >= 0.3 is 0 Å². The second-order valence-corrected chi connectivity index (χ2v) is 5.02. The van der Waals surface area contributed by atoms with Crippen molar-refractivity contribution >= 4 is 34.2 Å². The lowest BCUT2D eigenvalue weighted by atomic mass is 9.99. The first-order valence-electron chi connectivity index (χ1n) is 5.40. The summed E-state index contributed by atoms with van der Waals surface area (Å²) in [6.45, 7) is 1.40. The zero-order valence-electron chi connectivity index (χ0n) is 8.91. The van der Waals surface area contributed by atoms with E-state index in [1.165, 1.54) is 0 Å². The number of halogens is 1. The lowest BCUT2D eigenvalue weighted by molar-refractivity contribution is -0.122. The Kier molecular flexibility index (Phi) is 4.17. The summed E-state index contributed by atoms with van der Waals surface area (Å²) in [4.78, 5) is 11.9. The number of amides is 1. The van der Waals surface area contributed by atoms with Crippen LogP contribution in [-0.4, -0.2) is 19.1 Å². The molecule has 1 aliphatic heterocycles. The van der Waals surface area contributed by atoms with Crippen LogP contribution in [0.2, 0.25) is 0 Å². The van der Waals surface area contributed by atoms with E-state index < -0.39 is 0 Å². The zero-order chi connectivity index (χ0) is 11.4. The van der Waals surface area contributed by atoms with Crippen LogP contribution >= 0.6 is 22.6 Å². The van der Waals surface area contributed by atoms with Crippen LogP contribution in [0, 0.1) is 9.49 Å². The topological polar surface area (TPSA) is 38.3 Å². The second kappa shape index (κ2) is 5.63. The summed E-state index contributed by atoms with van der Waals surface area (Å²) in [5.41, 5.74) is 0.902. The Bertz CT molecular complexity index is 375. The molecule has 1 fully saturated rings. The minimum Gasteiger partial charge on any atom is -0.381 e. The van der Waals surface area contributed by atoms with E-state index in [-0.39, 0.29) is 11.8 Å². The molecule has 3 nitrogen and oxygen atoms in total.